The molecule has 13 atom stereocenters. The van der Waals surface area contributed by atoms with E-state index in [1.165, 1.54) is 21.0 Å². The van der Waals surface area contributed by atoms with Crippen LogP contribution in [-0.2, 0) is 38.1 Å². The van der Waals surface area contributed by atoms with Gasteiger partial charge in [-0.3, -0.25) is 19.2 Å². The summed E-state index contributed by atoms with van der Waals surface area (Å²) in [5, 5.41) is 24.0. The molecule has 1 heterocycles. The highest BCUT2D eigenvalue weighted by atomic mass is 16.6. The first-order valence-corrected chi connectivity index (χ1v) is 16.7. The molecule has 260 valence electrons. The first-order chi connectivity index (χ1) is 21.9. The molecule has 0 spiro atoms. The maximum Gasteiger partial charge on any atom is 0.314 e. The first-order valence-electron chi connectivity index (χ1n) is 16.7. The van der Waals surface area contributed by atoms with Crippen LogP contribution in [0.3, 0.4) is 0 Å². The van der Waals surface area contributed by atoms with Gasteiger partial charge in [0.1, 0.15) is 18.1 Å². The number of carbonyl (C=O) groups excluding carboxylic acids is 4. The largest absolute Gasteiger partial charge is 0.472 e. The molecule has 3 saturated carbocycles. The molecule has 11 nitrogen and oxygen atoms in total. The minimum absolute atomic E-state index is 0.0441. The number of esters is 4. The van der Waals surface area contributed by atoms with Crippen molar-refractivity contribution >= 4 is 23.9 Å². The van der Waals surface area contributed by atoms with E-state index in [1.807, 2.05) is 33.8 Å². The average Bonchev–Trinajstić information content (AvgIpc) is 3.64. The Labute approximate surface area is 276 Å². The fourth-order valence-electron chi connectivity index (χ4n) is 10.6. The Balaban J connectivity index is 1.84. The van der Waals surface area contributed by atoms with Gasteiger partial charge in [-0.05, 0) is 50.7 Å². The highest BCUT2D eigenvalue weighted by Crippen LogP contribution is 2.75. The van der Waals surface area contributed by atoms with Crippen LogP contribution >= 0.6 is 0 Å². The third kappa shape index (κ3) is 4.89. The molecule has 47 heavy (non-hydrogen) atoms. The van der Waals surface area contributed by atoms with E-state index in [1.54, 1.807) is 26.4 Å². The zero-order valence-electron chi connectivity index (χ0n) is 28.9. The summed E-state index contributed by atoms with van der Waals surface area (Å²) in [6.45, 7) is 13.6. The molecule has 2 N–H and O–H groups in total. The summed E-state index contributed by atoms with van der Waals surface area (Å²) in [6, 6.07) is 1.86. The Morgan fingerprint density at radius 2 is 1.66 bits per heavy atom. The second kappa shape index (κ2) is 12.1. The lowest BCUT2D eigenvalue weighted by Gasteiger charge is -2.71. The molecular weight excluding hydrogens is 608 g/mol. The molecule has 0 bridgehead atoms. The molecule has 1 aromatic heterocycles. The number of fused-ring (bicyclic) bond motifs is 5. The average molecular weight is 659 g/mol. The van der Waals surface area contributed by atoms with Crippen molar-refractivity contribution in [2.45, 2.75) is 118 Å². The maximum absolute atomic E-state index is 14.6. The van der Waals surface area contributed by atoms with Crippen molar-refractivity contribution in [3.05, 3.63) is 35.8 Å². The monoisotopic (exact) mass is 658 g/mol. The summed E-state index contributed by atoms with van der Waals surface area (Å²) in [7, 11) is 1.24. The van der Waals surface area contributed by atoms with Crippen LogP contribution in [0.4, 0.5) is 0 Å². The van der Waals surface area contributed by atoms with Crippen molar-refractivity contribution in [2.24, 2.45) is 39.4 Å². The zero-order valence-corrected chi connectivity index (χ0v) is 28.9. The highest BCUT2D eigenvalue weighted by molar-refractivity contribution is 5.79. The van der Waals surface area contributed by atoms with Crippen LogP contribution in [0.25, 0.3) is 0 Å². The predicted molar refractivity (Wildman–Crippen MR) is 167 cm³/mol. The van der Waals surface area contributed by atoms with Crippen LogP contribution in [0, 0.1) is 39.4 Å². The van der Waals surface area contributed by atoms with Gasteiger partial charge in [0, 0.05) is 48.3 Å². The standard InChI is InChI=1S/C36H50O11/c1-10-18(2)45-31(41)28-29(47-20(4)38)30-34(6,23-12-11-22(33(23,28)5)21-13-14-44-17-21)25(39)15-24-35(7,32(42)43-9)26(40)16-27(36(24,30)8)46-19(3)37/h12-14,17-18,22,24-30,39-40H,10-11,15-16H2,1-9H3. The summed E-state index contributed by atoms with van der Waals surface area (Å²) < 4.78 is 29.1. The molecule has 0 radical (unpaired) electrons. The van der Waals surface area contributed by atoms with E-state index in [2.05, 4.69) is 6.08 Å². The molecule has 0 amide bonds. The van der Waals surface area contributed by atoms with E-state index < -0.39 is 93.8 Å². The normalized spacial score (nSPS) is 42.9. The van der Waals surface area contributed by atoms with Crippen LogP contribution in [0.15, 0.2) is 34.7 Å². The summed E-state index contributed by atoms with van der Waals surface area (Å²) in [5.74, 6) is -5.46. The lowest BCUT2D eigenvalue weighted by molar-refractivity contribution is -0.286. The number of hydrogen-bond donors (Lipinski definition) is 2. The van der Waals surface area contributed by atoms with Crippen LogP contribution in [0.5, 0.6) is 0 Å². The molecule has 4 aliphatic carbocycles. The number of carbonyl (C=O) groups is 4. The minimum atomic E-state index is -1.53. The van der Waals surface area contributed by atoms with Crippen LogP contribution < -0.4 is 0 Å². The van der Waals surface area contributed by atoms with Gasteiger partial charge in [-0.2, -0.15) is 0 Å². The fraction of sp³-hybridized carbons (Fsp3) is 0.722. The molecule has 4 aliphatic rings. The molecule has 0 aromatic carbocycles. The van der Waals surface area contributed by atoms with E-state index in [-0.39, 0.29) is 18.8 Å². The SMILES string of the molecule is CCC(C)OC(=O)C1C(OC(C)=O)C2C(C)(C3=CCC(c4ccoc4)C31C)C(O)CC1C(C)(C(=O)OC)C(O)CC(OC(C)=O)C12C. The summed E-state index contributed by atoms with van der Waals surface area (Å²) in [4.78, 5) is 54.0. The number of methoxy groups -OCH3 is 1. The van der Waals surface area contributed by atoms with Gasteiger partial charge in [-0.25, -0.2) is 0 Å². The number of ether oxygens (including phenoxy) is 4. The summed E-state index contributed by atoms with van der Waals surface area (Å²) in [6.07, 6.45) is 1.34. The molecule has 0 aliphatic heterocycles. The van der Waals surface area contributed by atoms with Crippen LogP contribution in [0.2, 0.25) is 0 Å². The summed E-state index contributed by atoms with van der Waals surface area (Å²) in [5.41, 5.74) is -3.21. The highest BCUT2D eigenvalue weighted by Gasteiger charge is 2.78. The first kappa shape index (κ1) is 35.1. The second-order valence-corrected chi connectivity index (χ2v) is 15.0. The Morgan fingerprint density at radius 3 is 2.21 bits per heavy atom. The van der Waals surface area contributed by atoms with Gasteiger partial charge >= 0.3 is 23.9 Å². The second-order valence-electron chi connectivity index (χ2n) is 15.0. The Bertz CT molecular complexity index is 1430. The zero-order chi connectivity index (χ0) is 34.9. The predicted octanol–water partition coefficient (Wildman–Crippen LogP) is 4.49. The number of allylic oxidation sites excluding steroid dienone is 1. The smallest absolute Gasteiger partial charge is 0.314 e. The van der Waals surface area contributed by atoms with Crippen molar-refractivity contribution in [3.63, 3.8) is 0 Å². The number of aliphatic hydroxyl groups is 2. The van der Waals surface area contributed by atoms with Gasteiger partial charge < -0.3 is 33.6 Å². The Morgan fingerprint density at radius 1 is 1.00 bits per heavy atom. The topological polar surface area (TPSA) is 159 Å². The van der Waals surface area contributed by atoms with E-state index in [0.717, 1.165) is 11.1 Å². The summed E-state index contributed by atoms with van der Waals surface area (Å²) >= 11 is 0. The third-order valence-electron chi connectivity index (χ3n) is 12.8. The van der Waals surface area contributed by atoms with E-state index in [0.29, 0.717) is 12.8 Å². The molecule has 13 unspecified atom stereocenters. The lowest BCUT2D eigenvalue weighted by atomic mass is 9.34. The molecule has 1 aromatic rings. The van der Waals surface area contributed by atoms with Crippen molar-refractivity contribution in [1.82, 2.24) is 0 Å². The molecule has 3 fully saturated rings. The van der Waals surface area contributed by atoms with E-state index >= 15 is 0 Å². The van der Waals surface area contributed by atoms with Gasteiger partial charge in [0.25, 0.3) is 0 Å². The Hall–Kier alpha value is -3.18. The van der Waals surface area contributed by atoms with E-state index in [4.69, 9.17) is 23.4 Å². The fourth-order valence-corrected chi connectivity index (χ4v) is 10.6. The van der Waals surface area contributed by atoms with Gasteiger partial charge in [0.2, 0.25) is 0 Å². The number of furan rings is 1. The molecule has 5 rings (SSSR count). The van der Waals surface area contributed by atoms with Crippen LogP contribution in [0.1, 0.15) is 92.6 Å². The molecule has 0 saturated heterocycles. The van der Waals surface area contributed by atoms with Gasteiger partial charge in [-0.15, -0.1) is 0 Å². The van der Waals surface area contributed by atoms with Gasteiger partial charge in [0.15, 0.2) is 0 Å². The number of aliphatic hydroxyl groups excluding tert-OH is 2. The lowest BCUT2D eigenvalue weighted by Crippen LogP contribution is -2.76. The molecular formula is C36H50O11. The van der Waals surface area contributed by atoms with Crippen molar-refractivity contribution < 1.29 is 52.8 Å². The third-order valence-corrected chi connectivity index (χ3v) is 12.8. The number of hydrogen-bond acceptors (Lipinski definition) is 11. The number of rotatable bonds is 7. The molecule has 11 heteroatoms. The Kier molecular flexibility index (Phi) is 9.01. The van der Waals surface area contributed by atoms with Gasteiger partial charge in [0.05, 0.1) is 43.4 Å². The van der Waals surface area contributed by atoms with Crippen molar-refractivity contribution in [1.29, 1.82) is 0 Å². The van der Waals surface area contributed by atoms with Gasteiger partial charge in [-0.1, -0.05) is 39.3 Å². The van der Waals surface area contributed by atoms with E-state index in [9.17, 15) is 29.4 Å². The van der Waals surface area contributed by atoms with Crippen molar-refractivity contribution in [2.75, 3.05) is 7.11 Å². The minimum Gasteiger partial charge on any atom is -0.472 e. The van der Waals surface area contributed by atoms with Crippen LogP contribution in [-0.4, -0.2) is 71.7 Å². The van der Waals surface area contributed by atoms with Crippen molar-refractivity contribution in [3.8, 4) is 0 Å². The maximum atomic E-state index is 14.6. The quantitative estimate of drug-likeness (QED) is 0.242.